The van der Waals surface area contributed by atoms with E-state index < -0.39 is 18.4 Å². The quantitative estimate of drug-likeness (QED) is 0.802. The van der Waals surface area contributed by atoms with E-state index in [4.69, 9.17) is 11.6 Å². The van der Waals surface area contributed by atoms with Gasteiger partial charge in [0.15, 0.2) is 0 Å². The second-order valence-electron chi connectivity index (χ2n) is 3.10. The Morgan fingerprint density at radius 2 is 2.12 bits per heavy atom. The molecule has 0 aromatic carbocycles. The van der Waals surface area contributed by atoms with Crippen molar-refractivity contribution >= 4 is 22.9 Å². The van der Waals surface area contributed by atoms with E-state index in [0.29, 0.717) is 0 Å². The molecule has 1 unspecified atom stereocenters. The fourth-order valence-electron chi connectivity index (χ4n) is 1.25. The van der Waals surface area contributed by atoms with Gasteiger partial charge in [-0.2, -0.15) is 8.78 Å². The molecule has 1 rings (SSSR count). The van der Waals surface area contributed by atoms with Gasteiger partial charge in [0.05, 0.1) is 5.02 Å². The highest BCUT2D eigenvalue weighted by Gasteiger charge is 2.50. The number of hydrogen-bond donors (Lipinski definition) is 1. The van der Waals surface area contributed by atoms with Crippen LogP contribution in [0.2, 0.25) is 5.02 Å². The largest absolute Gasteiger partial charge is 0.327 e. The van der Waals surface area contributed by atoms with Crippen molar-refractivity contribution in [3.05, 3.63) is 21.3 Å². The first-order valence-electron chi connectivity index (χ1n) is 4.53. The van der Waals surface area contributed by atoms with Gasteiger partial charge in [-0.1, -0.05) is 18.5 Å². The number of hydrogen-bond acceptors (Lipinski definition) is 2. The Morgan fingerprint density at radius 1 is 1.50 bits per heavy atom. The molecular weight excluding hydrogens is 266 g/mol. The topological polar surface area (TPSA) is 12.0 Å². The van der Waals surface area contributed by atoms with Gasteiger partial charge in [-0.05, 0) is 18.0 Å². The summed E-state index contributed by atoms with van der Waals surface area (Å²) in [5.41, 5.74) is 0. The third kappa shape index (κ3) is 2.67. The predicted molar refractivity (Wildman–Crippen MR) is 56.7 cm³/mol. The minimum Gasteiger partial charge on any atom is -0.304 e. The molecule has 0 fully saturated rings. The normalized spacial score (nSPS) is 14.4. The molecular formula is C9H10ClF4NS. The summed E-state index contributed by atoms with van der Waals surface area (Å²) in [5.74, 6) is -4.13. The molecule has 0 saturated carbocycles. The Balaban J connectivity index is 3.05. The number of nitrogens with one attached hydrogen (secondary N) is 1. The molecule has 0 bridgehead atoms. The van der Waals surface area contributed by atoms with Crippen molar-refractivity contribution in [3.8, 4) is 0 Å². The average Bonchev–Trinajstić information content (AvgIpc) is 2.60. The van der Waals surface area contributed by atoms with Crippen LogP contribution in [0.3, 0.4) is 0 Å². The second kappa shape index (κ2) is 5.33. The van der Waals surface area contributed by atoms with Gasteiger partial charge in [-0.3, -0.25) is 0 Å². The van der Waals surface area contributed by atoms with Crippen molar-refractivity contribution in [1.29, 1.82) is 0 Å². The van der Waals surface area contributed by atoms with Crippen LogP contribution >= 0.6 is 22.9 Å². The molecule has 0 aliphatic rings. The summed E-state index contributed by atoms with van der Waals surface area (Å²) < 4.78 is 51.1. The van der Waals surface area contributed by atoms with Gasteiger partial charge in [-0.25, -0.2) is 8.78 Å². The summed E-state index contributed by atoms with van der Waals surface area (Å²) in [4.78, 5) is 0.0359. The SMILES string of the molecule is CCNC(c1sccc1Cl)C(F)(F)C(F)F. The maximum atomic E-state index is 13.3. The Bertz CT molecular complexity index is 342. The van der Waals surface area contributed by atoms with Crippen LogP contribution in [0.15, 0.2) is 11.4 Å². The van der Waals surface area contributed by atoms with Gasteiger partial charge in [0, 0.05) is 4.88 Å². The molecule has 0 radical (unpaired) electrons. The molecule has 0 saturated heterocycles. The van der Waals surface area contributed by atoms with Crippen molar-refractivity contribution in [2.45, 2.75) is 25.3 Å². The third-order valence-corrected chi connectivity index (χ3v) is 3.41. The number of alkyl halides is 4. The van der Waals surface area contributed by atoms with Crippen molar-refractivity contribution in [1.82, 2.24) is 5.32 Å². The van der Waals surface area contributed by atoms with Crippen molar-refractivity contribution < 1.29 is 17.6 Å². The Hall–Kier alpha value is -0.330. The summed E-state index contributed by atoms with van der Waals surface area (Å²) in [5, 5.41) is 3.91. The van der Waals surface area contributed by atoms with E-state index in [1.165, 1.54) is 11.4 Å². The lowest BCUT2D eigenvalue weighted by molar-refractivity contribution is -0.150. The van der Waals surface area contributed by atoms with Crippen LogP contribution in [-0.4, -0.2) is 18.9 Å². The molecule has 1 aromatic rings. The van der Waals surface area contributed by atoms with E-state index in [2.05, 4.69) is 5.32 Å². The maximum absolute atomic E-state index is 13.3. The number of rotatable bonds is 5. The highest BCUT2D eigenvalue weighted by atomic mass is 35.5. The highest BCUT2D eigenvalue weighted by molar-refractivity contribution is 7.10. The molecule has 7 heteroatoms. The summed E-state index contributed by atoms with van der Waals surface area (Å²) in [6.45, 7) is 1.72. The lowest BCUT2D eigenvalue weighted by Crippen LogP contribution is -2.42. The Labute approximate surface area is 99.4 Å². The zero-order chi connectivity index (χ0) is 12.3. The maximum Gasteiger partial charge on any atom is 0.327 e. The summed E-state index contributed by atoms with van der Waals surface area (Å²) >= 11 is 6.61. The fourth-order valence-corrected chi connectivity index (χ4v) is 2.53. The molecule has 0 spiro atoms. The summed E-state index contributed by atoms with van der Waals surface area (Å²) in [7, 11) is 0. The summed E-state index contributed by atoms with van der Waals surface area (Å²) in [6, 6.07) is -0.335. The Kier molecular flexibility index (Phi) is 4.58. The molecule has 1 N–H and O–H groups in total. The van der Waals surface area contributed by atoms with Gasteiger partial charge in [-0.15, -0.1) is 11.3 Å². The highest BCUT2D eigenvalue weighted by Crippen LogP contribution is 2.41. The van der Waals surface area contributed by atoms with E-state index in [-0.39, 0.29) is 16.4 Å². The standard InChI is InChI=1S/C9H10ClF4NS/c1-2-15-7(9(13,14)8(11)12)6-5(10)3-4-16-6/h3-4,7-8,15H,2H2,1H3. The predicted octanol–water partition coefficient (Wildman–Crippen LogP) is 3.95. The van der Waals surface area contributed by atoms with Gasteiger partial charge in [0.1, 0.15) is 6.04 Å². The van der Waals surface area contributed by atoms with E-state index in [1.807, 2.05) is 0 Å². The van der Waals surface area contributed by atoms with Crippen LogP contribution in [0, 0.1) is 0 Å². The van der Waals surface area contributed by atoms with Crippen LogP contribution in [0.4, 0.5) is 17.6 Å². The van der Waals surface area contributed by atoms with Crippen LogP contribution in [0.5, 0.6) is 0 Å². The van der Waals surface area contributed by atoms with E-state index in [9.17, 15) is 17.6 Å². The molecule has 0 aliphatic heterocycles. The first-order chi connectivity index (χ1) is 7.41. The minimum absolute atomic E-state index is 0.0359. The lowest BCUT2D eigenvalue weighted by Gasteiger charge is -2.26. The van der Waals surface area contributed by atoms with Crippen molar-refractivity contribution in [2.75, 3.05) is 6.54 Å². The van der Waals surface area contributed by atoms with E-state index in [1.54, 1.807) is 6.92 Å². The van der Waals surface area contributed by atoms with Crippen LogP contribution in [0.25, 0.3) is 0 Å². The third-order valence-electron chi connectivity index (χ3n) is 1.99. The molecule has 0 aliphatic carbocycles. The van der Waals surface area contributed by atoms with Crippen molar-refractivity contribution in [2.24, 2.45) is 0 Å². The molecule has 1 heterocycles. The second-order valence-corrected chi connectivity index (χ2v) is 4.45. The fraction of sp³-hybridized carbons (Fsp3) is 0.556. The molecule has 1 nitrogen and oxygen atoms in total. The van der Waals surface area contributed by atoms with Gasteiger partial charge < -0.3 is 5.32 Å². The molecule has 1 aromatic heterocycles. The zero-order valence-corrected chi connectivity index (χ0v) is 9.89. The van der Waals surface area contributed by atoms with E-state index in [0.717, 1.165) is 11.3 Å². The number of thiophene rings is 1. The first kappa shape index (κ1) is 13.7. The van der Waals surface area contributed by atoms with E-state index >= 15 is 0 Å². The molecule has 0 amide bonds. The van der Waals surface area contributed by atoms with Gasteiger partial charge >= 0.3 is 12.3 Å². The van der Waals surface area contributed by atoms with Gasteiger partial charge in [0.25, 0.3) is 0 Å². The molecule has 16 heavy (non-hydrogen) atoms. The zero-order valence-electron chi connectivity index (χ0n) is 8.31. The minimum atomic E-state index is -4.13. The smallest absolute Gasteiger partial charge is 0.304 e. The van der Waals surface area contributed by atoms with Crippen LogP contribution in [-0.2, 0) is 0 Å². The number of halogens is 5. The van der Waals surface area contributed by atoms with Gasteiger partial charge in [0.2, 0.25) is 0 Å². The average molecular weight is 276 g/mol. The lowest BCUT2D eigenvalue weighted by atomic mass is 10.1. The van der Waals surface area contributed by atoms with Crippen LogP contribution < -0.4 is 5.32 Å². The molecule has 92 valence electrons. The first-order valence-corrected chi connectivity index (χ1v) is 5.79. The molecule has 1 atom stereocenters. The summed E-state index contributed by atoms with van der Waals surface area (Å²) in [6.07, 6.45) is -3.73. The Morgan fingerprint density at radius 3 is 2.50 bits per heavy atom. The van der Waals surface area contributed by atoms with Crippen LogP contribution in [0.1, 0.15) is 17.8 Å². The van der Waals surface area contributed by atoms with Crippen molar-refractivity contribution in [3.63, 3.8) is 0 Å². The monoisotopic (exact) mass is 275 g/mol.